The minimum atomic E-state index is -0.264. The van der Waals surface area contributed by atoms with E-state index in [0.29, 0.717) is 6.54 Å². The van der Waals surface area contributed by atoms with E-state index >= 15 is 0 Å². The highest BCUT2D eigenvalue weighted by molar-refractivity contribution is 9.10. The van der Waals surface area contributed by atoms with Crippen LogP contribution in [-0.4, -0.2) is 19.0 Å². The average Bonchev–Trinajstić information content (AvgIpc) is 2.38. The van der Waals surface area contributed by atoms with Crippen molar-refractivity contribution in [2.75, 3.05) is 13.1 Å². The molecule has 1 saturated heterocycles. The van der Waals surface area contributed by atoms with Crippen molar-refractivity contribution in [1.29, 1.82) is 0 Å². The molecule has 19 heavy (non-hydrogen) atoms. The lowest BCUT2D eigenvalue weighted by atomic mass is 9.82. The summed E-state index contributed by atoms with van der Waals surface area (Å²) in [6, 6.07) is 7.97. The van der Waals surface area contributed by atoms with Gasteiger partial charge in [-0.3, -0.25) is 4.79 Å². The van der Waals surface area contributed by atoms with E-state index in [2.05, 4.69) is 26.6 Å². The molecule has 5 heteroatoms. The molecular formula is C14H20BrClN2O. The second kappa shape index (κ2) is 7.27. The average molecular weight is 348 g/mol. The second-order valence-corrected chi connectivity index (χ2v) is 5.97. The fourth-order valence-corrected chi connectivity index (χ4v) is 2.71. The Morgan fingerprint density at radius 3 is 2.84 bits per heavy atom. The molecule has 0 saturated carbocycles. The van der Waals surface area contributed by atoms with Crippen molar-refractivity contribution in [2.24, 2.45) is 5.41 Å². The summed E-state index contributed by atoms with van der Waals surface area (Å²) >= 11 is 3.49. The highest BCUT2D eigenvalue weighted by atomic mass is 79.9. The molecule has 1 amide bonds. The molecule has 2 N–H and O–H groups in total. The van der Waals surface area contributed by atoms with Crippen LogP contribution in [0.25, 0.3) is 0 Å². The number of rotatable bonds is 3. The van der Waals surface area contributed by atoms with Crippen LogP contribution in [0, 0.1) is 5.41 Å². The third-order valence-corrected chi connectivity index (χ3v) is 4.32. The van der Waals surface area contributed by atoms with Crippen LogP contribution in [0.2, 0.25) is 0 Å². The van der Waals surface area contributed by atoms with Gasteiger partial charge in [-0.1, -0.05) is 34.1 Å². The van der Waals surface area contributed by atoms with Crippen molar-refractivity contribution >= 4 is 34.2 Å². The molecule has 0 bridgehead atoms. The Hall–Kier alpha value is -0.580. The molecule has 1 heterocycles. The summed E-state index contributed by atoms with van der Waals surface area (Å²) in [5.41, 5.74) is 0.845. The molecule has 1 fully saturated rings. The first-order valence-electron chi connectivity index (χ1n) is 6.34. The van der Waals surface area contributed by atoms with Gasteiger partial charge in [-0.25, -0.2) is 0 Å². The summed E-state index contributed by atoms with van der Waals surface area (Å²) in [5, 5.41) is 6.34. The molecule has 1 aliphatic rings. The normalized spacial score (nSPS) is 22.4. The summed E-state index contributed by atoms with van der Waals surface area (Å²) < 4.78 is 1.04. The quantitative estimate of drug-likeness (QED) is 0.883. The van der Waals surface area contributed by atoms with Gasteiger partial charge in [-0.2, -0.15) is 0 Å². The zero-order valence-electron chi connectivity index (χ0n) is 11.0. The number of benzene rings is 1. The third kappa shape index (κ3) is 4.20. The lowest BCUT2D eigenvalue weighted by Crippen LogP contribution is -2.48. The first kappa shape index (κ1) is 16.5. The van der Waals surface area contributed by atoms with E-state index in [1.807, 2.05) is 31.2 Å². The maximum atomic E-state index is 12.2. The predicted octanol–water partition coefficient (Wildman–Crippen LogP) is 2.88. The lowest BCUT2D eigenvalue weighted by molar-refractivity contribution is -0.131. The summed E-state index contributed by atoms with van der Waals surface area (Å²) in [7, 11) is 0. The Kier molecular flexibility index (Phi) is 6.30. The topological polar surface area (TPSA) is 41.1 Å². The van der Waals surface area contributed by atoms with Gasteiger partial charge < -0.3 is 10.6 Å². The van der Waals surface area contributed by atoms with Crippen molar-refractivity contribution in [3.05, 3.63) is 34.3 Å². The van der Waals surface area contributed by atoms with Crippen LogP contribution >= 0.6 is 28.3 Å². The van der Waals surface area contributed by atoms with Crippen LogP contribution in [0.15, 0.2) is 28.7 Å². The minimum absolute atomic E-state index is 0. The summed E-state index contributed by atoms with van der Waals surface area (Å²) in [5.74, 6) is 0.144. The van der Waals surface area contributed by atoms with Crippen molar-refractivity contribution in [2.45, 2.75) is 26.3 Å². The number of piperidine rings is 1. The highest BCUT2D eigenvalue weighted by Crippen LogP contribution is 2.25. The van der Waals surface area contributed by atoms with E-state index in [-0.39, 0.29) is 23.7 Å². The molecule has 1 aliphatic heterocycles. The van der Waals surface area contributed by atoms with Crippen molar-refractivity contribution in [3.8, 4) is 0 Å². The monoisotopic (exact) mass is 346 g/mol. The Labute approximate surface area is 129 Å². The van der Waals surface area contributed by atoms with E-state index in [1.165, 1.54) is 0 Å². The summed E-state index contributed by atoms with van der Waals surface area (Å²) in [6.45, 7) is 4.41. The number of nitrogens with one attached hydrogen (secondary N) is 2. The van der Waals surface area contributed by atoms with E-state index in [1.54, 1.807) is 0 Å². The zero-order valence-corrected chi connectivity index (χ0v) is 13.4. The van der Waals surface area contributed by atoms with Crippen LogP contribution in [0.5, 0.6) is 0 Å². The molecule has 106 valence electrons. The Morgan fingerprint density at radius 2 is 2.21 bits per heavy atom. The molecule has 0 aromatic heterocycles. The number of hydrogen-bond acceptors (Lipinski definition) is 2. The van der Waals surface area contributed by atoms with Crippen molar-refractivity contribution in [1.82, 2.24) is 10.6 Å². The van der Waals surface area contributed by atoms with Gasteiger partial charge >= 0.3 is 0 Å². The van der Waals surface area contributed by atoms with Gasteiger partial charge in [0.25, 0.3) is 0 Å². The van der Waals surface area contributed by atoms with Crippen LogP contribution in [-0.2, 0) is 11.3 Å². The second-order valence-electron chi connectivity index (χ2n) is 5.12. The molecule has 0 spiro atoms. The Balaban J connectivity index is 0.00000180. The minimum Gasteiger partial charge on any atom is -0.351 e. The standard InChI is InChI=1S/C14H19BrN2O.ClH/c1-14(7-4-8-16-10-14)13(18)17-9-11-5-2-3-6-12(11)15;/h2-3,5-6,16H,4,7-10H2,1H3,(H,17,18);1H. The van der Waals surface area contributed by atoms with Crippen molar-refractivity contribution in [3.63, 3.8) is 0 Å². The number of carbonyl (C=O) groups excluding carboxylic acids is 1. The van der Waals surface area contributed by atoms with Gasteiger partial charge in [0.1, 0.15) is 0 Å². The van der Waals surface area contributed by atoms with Gasteiger partial charge in [-0.05, 0) is 37.9 Å². The smallest absolute Gasteiger partial charge is 0.227 e. The van der Waals surface area contributed by atoms with Crippen molar-refractivity contribution < 1.29 is 4.79 Å². The third-order valence-electron chi connectivity index (χ3n) is 3.54. The predicted molar refractivity (Wildman–Crippen MR) is 83.4 cm³/mol. The van der Waals surface area contributed by atoms with E-state index in [4.69, 9.17) is 0 Å². The molecule has 1 aromatic carbocycles. The summed E-state index contributed by atoms with van der Waals surface area (Å²) in [6.07, 6.45) is 2.03. The highest BCUT2D eigenvalue weighted by Gasteiger charge is 2.34. The molecule has 3 nitrogen and oxygen atoms in total. The molecule has 1 unspecified atom stereocenters. The van der Waals surface area contributed by atoms with E-state index in [0.717, 1.165) is 36.0 Å². The number of halogens is 2. The number of carbonyl (C=O) groups is 1. The van der Waals surface area contributed by atoms with Gasteiger partial charge in [0.05, 0.1) is 5.41 Å². The van der Waals surface area contributed by atoms with Crippen LogP contribution < -0.4 is 10.6 Å². The molecular weight excluding hydrogens is 328 g/mol. The molecule has 0 radical (unpaired) electrons. The van der Waals surface area contributed by atoms with Crippen LogP contribution in [0.1, 0.15) is 25.3 Å². The fraction of sp³-hybridized carbons (Fsp3) is 0.500. The van der Waals surface area contributed by atoms with E-state index in [9.17, 15) is 4.79 Å². The van der Waals surface area contributed by atoms with Crippen LogP contribution in [0.3, 0.4) is 0 Å². The molecule has 1 aromatic rings. The van der Waals surface area contributed by atoms with Gasteiger partial charge in [-0.15, -0.1) is 12.4 Å². The molecule has 1 atom stereocenters. The van der Waals surface area contributed by atoms with Gasteiger partial charge in [0.2, 0.25) is 5.91 Å². The SMILES string of the molecule is CC1(C(=O)NCc2ccccc2Br)CCCNC1.Cl. The first-order chi connectivity index (χ1) is 8.62. The lowest BCUT2D eigenvalue weighted by Gasteiger charge is -2.32. The first-order valence-corrected chi connectivity index (χ1v) is 7.13. The maximum Gasteiger partial charge on any atom is 0.227 e. The number of hydrogen-bond donors (Lipinski definition) is 2. The zero-order chi connectivity index (χ0) is 13.0. The summed E-state index contributed by atoms with van der Waals surface area (Å²) in [4.78, 5) is 12.2. The Morgan fingerprint density at radius 1 is 1.47 bits per heavy atom. The number of amides is 1. The Bertz CT molecular complexity index is 433. The van der Waals surface area contributed by atoms with E-state index < -0.39 is 0 Å². The largest absolute Gasteiger partial charge is 0.351 e. The van der Waals surface area contributed by atoms with Gasteiger partial charge in [0.15, 0.2) is 0 Å². The molecule has 2 rings (SSSR count). The maximum absolute atomic E-state index is 12.2. The molecule has 0 aliphatic carbocycles. The fourth-order valence-electron chi connectivity index (χ4n) is 2.28. The van der Waals surface area contributed by atoms with Gasteiger partial charge in [0, 0.05) is 17.6 Å². The van der Waals surface area contributed by atoms with Crippen LogP contribution in [0.4, 0.5) is 0 Å².